The Hall–Kier alpha value is -2.12. The second kappa shape index (κ2) is 7.84. The molecule has 0 aliphatic heterocycles. The van der Waals surface area contributed by atoms with Gasteiger partial charge in [0.1, 0.15) is 0 Å². The Balaban J connectivity index is 1.62. The molecule has 1 aromatic heterocycles. The molecule has 3 aromatic rings. The second-order valence-corrected chi connectivity index (χ2v) is 7.81. The van der Waals surface area contributed by atoms with Gasteiger partial charge < -0.3 is 5.32 Å². The zero-order chi connectivity index (χ0) is 17.8. The maximum Gasteiger partial charge on any atom is 0.237 e. The molecular weight excluding hydrogens is 400 g/mol. The van der Waals surface area contributed by atoms with Gasteiger partial charge in [0.2, 0.25) is 11.1 Å². The first-order chi connectivity index (χ1) is 12.0. The zero-order valence-electron chi connectivity index (χ0n) is 13.8. The van der Waals surface area contributed by atoms with E-state index in [-0.39, 0.29) is 11.2 Å². The van der Waals surface area contributed by atoms with E-state index in [0.29, 0.717) is 11.0 Å². The van der Waals surface area contributed by atoms with Crippen molar-refractivity contribution in [2.45, 2.75) is 24.3 Å². The normalized spacial score (nSPS) is 12.0. The summed E-state index contributed by atoms with van der Waals surface area (Å²) in [4.78, 5) is 16.8. The van der Waals surface area contributed by atoms with Crippen LogP contribution in [0.3, 0.4) is 0 Å². The average molecular weight is 417 g/mol. The van der Waals surface area contributed by atoms with E-state index in [1.54, 1.807) is 0 Å². The first-order valence-electron chi connectivity index (χ1n) is 7.74. The number of aromatic amines is 1. The monoisotopic (exact) mass is 416 g/mol. The van der Waals surface area contributed by atoms with Crippen LogP contribution in [-0.4, -0.2) is 26.3 Å². The van der Waals surface area contributed by atoms with Gasteiger partial charge in [-0.3, -0.25) is 9.89 Å². The van der Waals surface area contributed by atoms with Crippen LogP contribution in [0.5, 0.6) is 0 Å². The van der Waals surface area contributed by atoms with Gasteiger partial charge in [0.25, 0.3) is 0 Å². The molecule has 1 atom stereocenters. The number of benzene rings is 2. The molecule has 0 aliphatic rings. The van der Waals surface area contributed by atoms with E-state index in [4.69, 9.17) is 0 Å². The van der Waals surface area contributed by atoms with E-state index >= 15 is 0 Å². The first-order valence-corrected chi connectivity index (χ1v) is 9.41. The van der Waals surface area contributed by atoms with E-state index in [0.717, 1.165) is 15.7 Å². The van der Waals surface area contributed by atoms with Gasteiger partial charge >= 0.3 is 0 Å². The van der Waals surface area contributed by atoms with Crippen LogP contribution in [0.15, 0.2) is 58.2 Å². The Morgan fingerprint density at radius 2 is 1.84 bits per heavy atom. The minimum Gasteiger partial charge on any atom is -0.325 e. The van der Waals surface area contributed by atoms with Crippen molar-refractivity contribution in [3.8, 4) is 11.4 Å². The number of thioether (sulfide) groups is 1. The highest BCUT2D eigenvalue weighted by Crippen LogP contribution is 2.24. The molecule has 0 saturated heterocycles. The van der Waals surface area contributed by atoms with Crippen LogP contribution >= 0.6 is 27.7 Å². The van der Waals surface area contributed by atoms with Crippen LogP contribution < -0.4 is 5.32 Å². The molecule has 1 amide bonds. The lowest BCUT2D eigenvalue weighted by Gasteiger charge is -2.10. The number of hydrogen-bond acceptors (Lipinski definition) is 4. The fraction of sp³-hybridized carbons (Fsp3) is 0.167. The predicted octanol–water partition coefficient (Wildman–Crippen LogP) is 4.66. The molecule has 0 spiro atoms. The summed E-state index contributed by atoms with van der Waals surface area (Å²) in [7, 11) is 0. The van der Waals surface area contributed by atoms with Gasteiger partial charge in [0, 0.05) is 15.7 Å². The third-order valence-electron chi connectivity index (χ3n) is 3.55. The van der Waals surface area contributed by atoms with Gasteiger partial charge in [-0.2, -0.15) is 0 Å². The Morgan fingerprint density at radius 1 is 1.16 bits per heavy atom. The standard InChI is InChI=1S/C18H17BrN4OS/c1-11-3-5-13(6-4-11)16-21-18(23-22-16)25-12(2)17(24)20-15-9-7-14(19)8-10-15/h3-10,12H,1-2H3,(H,20,24)(H,21,22,23)/t12-/m1/s1. The summed E-state index contributed by atoms with van der Waals surface area (Å²) in [6.07, 6.45) is 0. The van der Waals surface area contributed by atoms with Crippen LogP contribution in [0.25, 0.3) is 11.4 Å². The minimum absolute atomic E-state index is 0.0889. The van der Waals surface area contributed by atoms with Crippen LogP contribution in [0.4, 0.5) is 5.69 Å². The molecule has 0 aliphatic carbocycles. The van der Waals surface area contributed by atoms with E-state index in [1.807, 2.05) is 62.4 Å². The third kappa shape index (κ3) is 4.70. The van der Waals surface area contributed by atoms with Crippen molar-refractivity contribution in [3.05, 3.63) is 58.6 Å². The van der Waals surface area contributed by atoms with Crippen LogP contribution in [0.2, 0.25) is 0 Å². The molecule has 2 N–H and O–H groups in total. The number of carbonyl (C=O) groups is 1. The van der Waals surface area contributed by atoms with E-state index in [9.17, 15) is 4.79 Å². The largest absolute Gasteiger partial charge is 0.325 e. The number of halogens is 1. The van der Waals surface area contributed by atoms with Crippen LogP contribution in [0.1, 0.15) is 12.5 Å². The molecule has 2 aromatic carbocycles. The summed E-state index contributed by atoms with van der Waals surface area (Å²) in [6.45, 7) is 3.87. The number of aromatic nitrogens is 3. The maximum atomic E-state index is 12.3. The summed E-state index contributed by atoms with van der Waals surface area (Å²) >= 11 is 4.69. The number of hydrogen-bond donors (Lipinski definition) is 2. The number of H-pyrrole nitrogens is 1. The Labute approximate surface area is 158 Å². The second-order valence-electron chi connectivity index (χ2n) is 5.59. The average Bonchev–Trinajstić information content (AvgIpc) is 3.06. The third-order valence-corrected chi connectivity index (χ3v) is 5.04. The molecule has 0 radical (unpaired) electrons. The lowest BCUT2D eigenvalue weighted by Crippen LogP contribution is -2.22. The molecule has 128 valence electrons. The molecule has 0 unspecified atom stereocenters. The van der Waals surface area contributed by atoms with Crippen molar-refractivity contribution < 1.29 is 4.79 Å². The number of aryl methyl sites for hydroxylation is 1. The lowest BCUT2D eigenvalue weighted by molar-refractivity contribution is -0.115. The molecule has 1 heterocycles. The Morgan fingerprint density at radius 3 is 2.52 bits per heavy atom. The maximum absolute atomic E-state index is 12.3. The topological polar surface area (TPSA) is 70.7 Å². The predicted molar refractivity (Wildman–Crippen MR) is 105 cm³/mol. The number of anilines is 1. The van der Waals surface area contributed by atoms with Crippen LogP contribution in [0, 0.1) is 6.92 Å². The molecule has 5 nitrogen and oxygen atoms in total. The molecule has 7 heteroatoms. The Bertz CT molecular complexity index is 862. The molecular formula is C18H17BrN4OS. The summed E-state index contributed by atoms with van der Waals surface area (Å²) in [6, 6.07) is 15.5. The van der Waals surface area contributed by atoms with Gasteiger partial charge in [0.15, 0.2) is 5.82 Å². The number of carbonyl (C=O) groups excluding carboxylic acids is 1. The summed E-state index contributed by atoms with van der Waals surface area (Å²) in [5.74, 6) is 0.608. The molecule has 0 bridgehead atoms. The quantitative estimate of drug-likeness (QED) is 0.593. The Kier molecular flexibility index (Phi) is 5.55. The van der Waals surface area contributed by atoms with Crippen molar-refractivity contribution in [1.29, 1.82) is 0 Å². The summed E-state index contributed by atoms with van der Waals surface area (Å²) in [5, 5.41) is 10.2. The first kappa shape index (κ1) is 17.7. The highest BCUT2D eigenvalue weighted by molar-refractivity contribution is 9.10. The number of amides is 1. The van der Waals surface area contributed by atoms with Crippen molar-refractivity contribution in [3.63, 3.8) is 0 Å². The fourth-order valence-corrected chi connectivity index (χ4v) is 3.12. The highest BCUT2D eigenvalue weighted by Gasteiger charge is 2.17. The van der Waals surface area contributed by atoms with Crippen molar-refractivity contribution in [2.24, 2.45) is 0 Å². The summed E-state index contributed by atoms with van der Waals surface area (Å²) < 4.78 is 0.970. The van der Waals surface area contributed by atoms with Crippen molar-refractivity contribution in [2.75, 3.05) is 5.32 Å². The fourth-order valence-electron chi connectivity index (χ4n) is 2.13. The van der Waals surface area contributed by atoms with Gasteiger partial charge in [-0.05, 0) is 38.1 Å². The number of rotatable bonds is 5. The smallest absolute Gasteiger partial charge is 0.237 e. The number of nitrogens with zero attached hydrogens (tertiary/aromatic N) is 2. The minimum atomic E-state index is -0.315. The van der Waals surface area contributed by atoms with E-state index in [2.05, 4.69) is 36.4 Å². The van der Waals surface area contributed by atoms with Gasteiger partial charge in [-0.25, -0.2) is 4.98 Å². The lowest BCUT2D eigenvalue weighted by atomic mass is 10.1. The van der Waals surface area contributed by atoms with Gasteiger partial charge in [-0.15, -0.1) is 5.10 Å². The zero-order valence-corrected chi connectivity index (χ0v) is 16.2. The molecule has 0 fully saturated rings. The summed E-state index contributed by atoms with van der Waals surface area (Å²) in [5.41, 5.74) is 2.92. The van der Waals surface area contributed by atoms with E-state index in [1.165, 1.54) is 17.3 Å². The molecule has 0 saturated carbocycles. The van der Waals surface area contributed by atoms with Crippen molar-refractivity contribution >= 4 is 39.3 Å². The highest BCUT2D eigenvalue weighted by atomic mass is 79.9. The van der Waals surface area contributed by atoms with Gasteiger partial charge in [-0.1, -0.05) is 57.5 Å². The van der Waals surface area contributed by atoms with Gasteiger partial charge in [0.05, 0.1) is 5.25 Å². The molecule has 25 heavy (non-hydrogen) atoms. The SMILES string of the molecule is Cc1ccc(-c2nc(S[C@H](C)C(=O)Nc3ccc(Br)cc3)n[nH]2)cc1. The van der Waals surface area contributed by atoms with Crippen LogP contribution in [-0.2, 0) is 4.79 Å². The molecule has 3 rings (SSSR count). The number of nitrogens with one attached hydrogen (secondary N) is 2. The van der Waals surface area contributed by atoms with E-state index < -0.39 is 0 Å². The van der Waals surface area contributed by atoms with Crippen molar-refractivity contribution in [1.82, 2.24) is 15.2 Å².